The summed E-state index contributed by atoms with van der Waals surface area (Å²) in [7, 11) is -5.86. The predicted molar refractivity (Wildman–Crippen MR) is 54.0 cm³/mol. The second-order valence-corrected chi connectivity index (χ2v) is 4.71. The molecule has 1 rings (SSSR count). The third-order valence-corrected chi connectivity index (χ3v) is 2.80. The molecule has 0 amide bonds. The van der Waals surface area contributed by atoms with Gasteiger partial charge in [-0.15, -0.1) is 0 Å². The number of nitrogens with zero attached hydrogens (tertiary/aromatic N) is 2. The number of pyridine rings is 1. The van der Waals surface area contributed by atoms with Crippen molar-refractivity contribution in [2.24, 2.45) is 0 Å². The summed E-state index contributed by atoms with van der Waals surface area (Å²) in [6.45, 7) is 0. The lowest BCUT2D eigenvalue weighted by Crippen LogP contribution is -2.28. The maximum atomic E-state index is 12.0. The summed E-state index contributed by atoms with van der Waals surface area (Å²) in [4.78, 5) is 3.17. The molecule has 0 aromatic carbocycles. The van der Waals surface area contributed by atoms with Crippen molar-refractivity contribution in [3.8, 4) is 11.9 Å². The Kier molecular flexibility index (Phi) is 3.59. The van der Waals surface area contributed by atoms with Crippen molar-refractivity contribution in [1.29, 1.82) is 5.26 Å². The SMILES string of the molecule is N#Cc1c(N)cc(OS(=O)(=O)C(F)(F)F)nc1Cl. The molecule has 0 unspecified atom stereocenters. The van der Waals surface area contributed by atoms with Crippen LogP contribution in [0.5, 0.6) is 5.88 Å². The Morgan fingerprint density at radius 3 is 2.44 bits per heavy atom. The number of nitrogen functional groups attached to an aromatic ring is 1. The highest BCUT2D eigenvalue weighted by molar-refractivity contribution is 7.87. The molecule has 0 aliphatic rings. The lowest BCUT2D eigenvalue weighted by molar-refractivity contribution is -0.0501. The molecule has 0 saturated carbocycles. The molecule has 2 N–H and O–H groups in total. The molecule has 1 aromatic rings. The number of rotatable bonds is 2. The second kappa shape index (κ2) is 4.51. The standard InChI is InChI=1S/C7H3ClF3N3O3S/c8-6-3(2-12)4(13)1-5(14-6)17-18(15,16)7(9,10)11/h1H,(H2,13,14). The Labute approximate surface area is 104 Å². The molecule has 0 radical (unpaired) electrons. The highest BCUT2D eigenvalue weighted by atomic mass is 35.5. The van der Waals surface area contributed by atoms with E-state index in [2.05, 4.69) is 9.17 Å². The molecular formula is C7H3ClF3N3O3S. The van der Waals surface area contributed by atoms with Crippen molar-refractivity contribution in [2.45, 2.75) is 5.51 Å². The third kappa shape index (κ3) is 2.74. The van der Waals surface area contributed by atoms with Crippen LogP contribution in [0.1, 0.15) is 5.56 Å². The molecule has 18 heavy (non-hydrogen) atoms. The summed E-state index contributed by atoms with van der Waals surface area (Å²) in [5.41, 5.74) is -1.00. The van der Waals surface area contributed by atoms with E-state index in [4.69, 9.17) is 22.6 Å². The Balaban J connectivity index is 3.21. The van der Waals surface area contributed by atoms with Crippen LogP contribution in [-0.4, -0.2) is 18.9 Å². The summed E-state index contributed by atoms with van der Waals surface area (Å²) >= 11 is 5.41. The smallest absolute Gasteiger partial charge is 0.397 e. The van der Waals surface area contributed by atoms with Gasteiger partial charge in [-0.3, -0.25) is 0 Å². The summed E-state index contributed by atoms with van der Waals surface area (Å²) in [6, 6.07) is 2.18. The molecule has 98 valence electrons. The molecule has 0 saturated heterocycles. The van der Waals surface area contributed by atoms with Crippen molar-refractivity contribution in [1.82, 2.24) is 4.98 Å². The average Bonchev–Trinajstić information content (AvgIpc) is 2.14. The zero-order valence-electron chi connectivity index (χ0n) is 8.19. The monoisotopic (exact) mass is 301 g/mol. The highest BCUT2D eigenvalue weighted by Crippen LogP contribution is 2.29. The Morgan fingerprint density at radius 2 is 2.06 bits per heavy atom. The van der Waals surface area contributed by atoms with Crippen LogP contribution >= 0.6 is 11.6 Å². The maximum Gasteiger partial charge on any atom is 0.534 e. The van der Waals surface area contributed by atoms with E-state index in [9.17, 15) is 21.6 Å². The number of alkyl halides is 3. The van der Waals surface area contributed by atoms with Crippen LogP contribution in [0.3, 0.4) is 0 Å². The zero-order valence-corrected chi connectivity index (χ0v) is 9.77. The maximum absolute atomic E-state index is 12.0. The van der Waals surface area contributed by atoms with Gasteiger partial charge in [0.15, 0.2) is 5.15 Å². The summed E-state index contributed by atoms with van der Waals surface area (Å²) in [5.74, 6) is -0.978. The van der Waals surface area contributed by atoms with Crippen molar-refractivity contribution in [3.63, 3.8) is 0 Å². The molecule has 0 bridgehead atoms. The van der Waals surface area contributed by atoms with E-state index in [1.807, 2.05) is 0 Å². The number of nitriles is 1. The highest BCUT2D eigenvalue weighted by Gasteiger charge is 2.48. The first-order chi connectivity index (χ1) is 8.08. The van der Waals surface area contributed by atoms with Crippen LogP contribution < -0.4 is 9.92 Å². The van der Waals surface area contributed by atoms with Gasteiger partial charge in [0.05, 0.1) is 5.69 Å². The summed E-state index contributed by atoms with van der Waals surface area (Å²) in [5, 5.41) is 7.99. The average molecular weight is 302 g/mol. The van der Waals surface area contributed by atoms with Gasteiger partial charge in [-0.05, 0) is 0 Å². The largest absolute Gasteiger partial charge is 0.534 e. The molecule has 1 aromatic heterocycles. The fourth-order valence-electron chi connectivity index (χ4n) is 0.822. The Hall–Kier alpha value is -1.73. The summed E-state index contributed by atoms with van der Waals surface area (Å²) in [6.07, 6.45) is 0. The van der Waals surface area contributed by atoms with Crippen molar-refractivity contribution in [3.05, 3.63) is 16.8 Å². The van der Waals surface area contributed by atoms with Crippen LogP contribution in [0.4, 0.5) is 18.9 Å². The van der Waals surface area contributed by atoms with Gasteiger partial charge >= 0.3 is 15.6 Å². The van der Waals surface area contributed by atoms with Gasteiger partial charge in [0.25, 0.3) is 0 Å². The van der Waals surface area contributed by atoms with Gasteiger partial charge in [-0.25, -0.2) is 0 Å². The van der Waals surface area contributed by atoms with E-state index in [-0.39, 0.29) is 11.3 Å². The quantitative estimate of drug-likeness (QED) is 0.503. The lowest BCUT2D eigenvalue weighted by atomic mass is 10.2. The van der Waals surface area contributed by atoms with Crippen molar-refractivity contribution in [2.75, 3.05) is 5.73 Å². The predicted octanol–water partition coefficient (Wildman–Crippen LogP) is 1.42. The van der Waals surface area contributed by atoms with E-state index in [0.29, 0.717) is 6.07 Å². The number of anilines is 1. The first-order valence-electron chi connectivity index (χ1n) is 3.95. The van der Waals surface area contributed by atoms with E-state index in [1.165, 1.54) is 6.07 Å². The van der Waals surface area contributed by atoms with E-state index >= 15 is 0 Å². The van der Waals surface area contributed by atoms with Gasteiger partial charge in [-0.2, -0.15) is 31.8 Å². The minimum Gasteiger partial charge on any atom is -0.397 e. The molecule has 0 fully saturated rings. The Morgan fingerprint density at radius 1 is 1.50 bits per heavy atom. The molecule has 0 aliphatic heterocycles. The van der Waals surface area contributed by atoms with Crippen LogP contribution in [-0.2, 0) is 10.1 Å². The fourth-order valence-corrected chi connectivity index (χ4v) is 1.46. The number of hydrogen-bond acceptors (Lipinski definition) is 6. The molecule has 11 heteroatoms. The number of aromatic nitrogens is 1. The number of hydrogen-bond donors (Lipinski definition) is 1. The van der Waals surface area contributed by atoms with Crippen LogP contribution in [0.25, 0.3) is 0 Å². The van der Waals surface area contributed by atoms with Crippen molar-refractivity contribution < 1.29 is 25.8 Å². The van der Waals surface area contributed by atoms with Crippen LogP contribution in [0, 0.1) is 11.3 Å². The summed E-state index contributed by atoms with van der Waals surface area (Å²) < 4.78 is 61.0. The minimum absolute atomic E-state index is 0.298. The van der Waals surface area contributed by atoms with Gasteiger partial charge < -0.3 is 9.92 Å². The topological polar surface area (TPSA) is 106 Å². The van der Waals surface area contributed by atoms with Gasteiger partial charge in [0.2, 0.25) is 5.88 Å². The molecule has 0 atom stereocenters. The molecule has 6 nitrogen and oxygen atoms in total. The zero-order chi connectivity index (χ0) is 14.1. The van der Waals surface area contributed by atoms with Gasteiger partial charge in [0.1, 0.15) is 11.6 Å². The van der Waals surface area contributed by atoms with Gasteiger partial charge in [-0.1, -0.05) is 11.6 Å². The minimum atomic E-state index is -5.86. The number of halogens is 4. The van der Waals surface area contributed by atoms with Crippen LogP contribution in [0.15, 0.2) is 6.07 Å². The van der Waals surface area contributed by atoms with E-state index in [0.717, 1.165) is 0 Å². The van der Waals surface area contributed by atoms with Crippen molar-refractivity contribution >= 4 is 27.4 Å². The van der Waals surface area contributed by atoms with E-state index in [1.54, 1.807) is 0 Å². The van der Waals surface area contributed by atoms with Crippen LogP contribution in [0.2, 0.25) is 5.15 Å². The van der Waals surface area contributed by atoms with Gasteiger partial charge in [0, 0.05) is 6.07 Å². The molecule has 0 aliphatic carbocycles. The first kappa shape index (κ1) is 14.3. The fraction of sp³-hybridized carbons (Fsp3) is 0.143. The number of nitrogens with two attached hydrogens (primary N) is 1. The normalized spacial score (nSPS) is 11.9. The molecular weight excluding hydrogens is 299 g/mol. The third-order valence-electron chi connectivity index (χ3n) is 1.57. The second-order valence-electron chi connectivity index (χ2n) is 2.81. The molecule has 1 heterocycles. The lowest BCUT2D eigenvalue weighted by Gasteiger charge is -2.09. The van der Waals surface area contributed by atoms with E-state index < -0.39 is 26.7 Å². The Bertz CT molecular complexity index is 600. The molecule has 0 spiro atoms. The first-order valence-corrected chi connectivity index (χ1v) is 5.74.